The lowest BCUT2D eigenvalue weighted by Crippen LogP contribution is -2.29. The van der Waals surface area contributed by atoms with Crippen molar-refractivity contribution in [3.05, 3.63) is 28.3 Å². The predicted octanol–water partition coefficient (Wildman–Crippen LogP) is 4.21. The van der Waals surface area contributed by atoms with Crippen molar-refractivity contribution in [1.29, 1.82) is 0 Å². The lowest BCUT2D eigenvalue weighted by Gasteiger charge is -2.16. The summed E-state index contributed by atoms with van der Waals surface area (Å²) in [5.41, 5.74) is -2.97. The third-order valence-corrected chi connectivity index (χ3v) is 2.85. The molecule has 0 saturated carbocycles. The Morgan fingerprint density at radius 1 is 1.30 bits per heavy atom. The summed E-state index contributed by atoms with van der Waals surface area (Å²) in [4.78, 5) is 14.7. The second kappa shape index (κ2) is 6.65. The van der Waals surface area contributed by atoms with Gasteiger partial charge in [0, 0.05) is 7.05 Å². The van der Waals surface area contributed by atoms with Gasteiger partial charge in [-0.05, 0) is 12.1 Å². The number of aliphatic imine (C=N–C) groups is 1. The largest absolute Gasteiger partial charge is 0.478 e. The zero-order valence-electron chi connectivity index (χ0n) is 11.3. The van der Waals surface area contributed by atoms with Crippen LogP contribution in [0.3, 0.4) is 0 Å². The van der Waals surface area contributed by atoms with Crippen LogP contribution in [0.4, 0.5) is 32.0 Å². The van der Waals surface area contributed by atoms with Crippen molar-refractivity contribution in [1.82, 2.24) is 4.90 Å². The number of carbonyl (C=O) groups is 1. The highest BCUT2D eigenvalue weighted by atomic mass is 35.5. The molecular formula is C12H9ClF6N2O2. The molecule has 23 heavy (non-hydrogen) atoms. The zero-order valence-corrected chi connectivity index (χ0v) is 12.1. The van der Waals surface area contributed by atoms with E-state index >= 15 is 0 Å². The summed E-state index contributed by atoms with van der Waals surface area (Å²) >= 11 is 5.60. The van der Waals surface area contributed by atoms with Gasteiger partial charge in [-0.25, -0.2) is 9.79 Å². The molecule has 11 heteroatoms. The number of alkyl halides is 6. The number of hydrogen-bond donors (Lipinski definition) is 1. The first-order valence-corrected chi connectivity index (χ1v) is 6.15. The van der Waals surface area contributed by atoms with Gasteiger partial charge in [-0.3, -0.25) is 0 Å². The number of benzene rings is 1. The molecule has 0 bridgehead atoms. The number of aromatic carboxylic acids is 1. The van der Waals surface area contributed by atoms with Crippen molar-refractivity contribution in [2.75, 3.05) is 13.6 Å². The van der Waals surface area contributed by atoms with E-state index in [0.717, 1.165) is 7.05 Å². The van der Waals surface area contributed by atoms with E-state index in [4.69, 9.17) is 16.7 Å². The third kappa shape index (κ3) is 5.31. The van der Waals surface area contributed by atoms with Crippen molar-refractivity contribution in [3.63, 3.8) is 0 Å². The molecule has 4 nitrogen and oxygen atoms in total. The molecule has 0 aliphatic rings. The Hall–Kier alpha value is -1.97. The molecule has 0 aromatic heterocycles. The van der Waals surface area contributed by atoms with Crippen molar-refractivity contribution in [2.24, 2.45) is 4.99 Å². The lowest BCUT2D eigenvalue weighted by molar-refractivity contribution is -0.137. The molecule has 0 saturated heterocycles. The monoisotopic (exact) mass is 362 g/mol. The summed E-state index contributed by atoms with van der Waals surface area (Å²) in [6, 6.07) is 1.09. The van der Waals surface area contributed by atoms with Gasteiger partial charge in [0.05, 0.1) is 28.2 Å². The summed E-state index contributed by atoms with van der Waals surface area (Å²) in [7, 11) is 0.944. The van der Waals surface area contributed by atoms with E-state index in [9.17, 15) is 31.1 Å². The number of halogens is 7. The van der Waals surface area contributed by atoms with Crippen LogP contribution in [0, 0.1) is 0 Å². The Morgan fingerprint density at radius 3 is 2.30 bits per heavy atom. The summed E-state index contributed by atoms with van der Waals surface area (Å²) in [5.74, 6) is -1.59. The third-order valence-electron chi connectivity index (χ3n) is 2.46. The van der Waals surface area contributed by atoms with Crippen LogP contribution in [-0.2, 0) is 6.18 Å². The number of carboxylic acid groups (broad SMARTS) is 1. The van der Waals surface area contributed by atoms with Crippen LogP contribution in [-0.4, -0.2) is 42.1 Å². The maximum atomic E-state index is 12.9. The fourth-order valence-corrected chi connectivity index (χ4v) is 1.86. The normalized spacial score (nSPS) is 12.7. The number of nitrogens with zero attached hydrogens (tertiary/aromatic N) is 2. The Bertz CT molecular complexity index is 627. The van der Waals surface area contributed by atoms with Crippen LogP contribution < -0.4 is 0 Å². The van der Waals surface area contributed by atoms with Crippen LogP contribution >= 0.6 is 11.6 Å². The molecule has 1 aromatic rings. The van der Waals surface area contributed by atoms with E-state index in [1.165, 1.54) is 0 Å². The second-order valence-corrected chi connectivity index (χ2v) is 4.78. The number of carboxylic acids is 1. The van der Waals surface area contributed by atoms with Gasteiger partial charge in [0.15, 0.2) is 0 Å². The molecule has 0 aliphatic heterocycles. The van der Waals surface area contributed by atoms with Crippen molar-refractivity contribution in [2.45, 2.75) is 12.4 Å². The predicted molar refractivity (Wildman–Crippen MR) is 70.3 cm³/mol. The lowest BCUT2D eigenvalue weighted by atomic mass is 10.1. The Morgan fingerprint density at radius 2 is 1.87 bits per heavy atom. The van der Waals surface area contributed by atoms with Gasteiger partial charge in [0.1, 0.15) is 6.54 Å². The summed E-state index contributed by atoms with van der Waals surface area (Å²) in [6.07, 6.45) is -8.99. The van der Waals surface area contributed by atoms with Crippen LogP contribution in [0.5, 0.6) is 0 Å². The van der Waals surface area contributed by atoms with E-state index in [2.05, 4.69) is 4.99 Å². The topological polar surface area (TPSA) is 52.9 Å². The van der Waals surface area contributed by atoms with Crippen LogP contribution in [0.1, 0.15) is 15.9 Å². The molecule has 0 fully saturated rings. The highest BCUT2D eigenvalue weighted by molar-refractivity contribution is 6.36. The Kier molecular flexibility index (Phi) is 5.51. The minimum absolute atomic E-state index is 0.450. The maximum absolute atomic E-state index is 12.9. The number of hydrogen-bond acceptors (Lipinski definition) is 2. The molecule has 1 N–H and O–H groups in total. The van der Waals surface area contributed by atoms with E-state index in [0.29, 0.717) is 23.4 Å². The van der Waals surface area contributed by atoms with E-state index in [1.807, 2.05) is 0 Å². The fourth-order valence-electron chi connectivity index (χ4n) is 1.56. The molecular weight excluding hydrogens is 354 g/mol. The summed E-state index contributed by atoms with van der Waals surface area (Å²) in [6.45, 7) is -1.45. The summed E-state index contributed by atoms with van der Waals surface area (Å²) in [5, 5.41) is 8.02. The van der Waals surface area contributed by atoms with Crippen LogP contribution in [0.15, 0.2) is 17.1 Å². The molecule has 128 valence electrons. The molecule has 1 rings (SSSR count). The highest BCUT2D eigenvalue weighted by Gasteiger charge is 2.36. The molecule has 1 aromatic carbocycles. The van der Waals surface area contributed by atoms with E-state index < -0.39 is 46.7 Å². The molecule has 0 aliphatic carbocycles. The number of rotatable bonds is 4. The average molecular weight is 363 g/mol. The van der Waals surface area contributed by atoms with Gasteiger partial charge < -0.3 is 10.0 Å². The SMILES string of the molecule is CN(C=Nc1c(C(F)(F)F)ccc(C(=O)O)c1Cl)CC(F)(F)F. The minimum Gasteiger partial charge on any atom is -0.478 e. The molecule has 0 radical (unpaired) electrons. The molecule has 0 amide bonds. The van der Waals surface area contributed by atoms with E-state index in [1.54, 1.807) is 0 Å². The highest BCUT2D eigenvalue weighted by Crippen LogP contribution is 2.41. The van der Waals surface area contributed by atoms with Gasteiger partial charge in [0.2, 0.25) is 0 Å². The molecule has 0 spiro atoms. The van der Waals surface area contributed by atoms with Crippen molar-refractivity contribution in [3.8, 4) is 0 Å². The van der Waals surface area contributed by atoms with Gasteiger partial charge in [0.25, 0.3) is 0 Å². The van der Waals surface area contributed by atoms with Gasteiger partial charge in [-0.15, -0.1) is 0 Å². The standard InChI is InChI=1S/C12H9ClF6N2O2/c1-21(4-11(14,15)16)5-20-9-7(12(17,18)19)3-2-6(8(9)13)10(22)23/h2-3,5H,4H2,1H3,(H,22,23). The van der Waals surface area contributed by atoms with Crippen molar-refractivity contribution < 1.29 is 36.2 Å². The Balaban J connectivity index is 3.31. The minimum atomic E-state index is -4.91. The molecule has 0 unspecified atom stereocenters. The molecule has 0 heterocycles. The summed E-state index contributed by atoms with van der Waals surface area (Å²) < 4.78 is 75.1. The Labute approximate surface area is 131 Å². The van der Waals surface area contributed by atoms with Crippen molar-refractivity contribution >= 4 is 29.6 Å². The van der Waals surface area contributed by atoms with Crippen LogP contribution in [0.2, 0.25) is 5.02 Å². The van der Waals surface area contributed by atoms with Gasteiger partial charge in [-0.2, -0.15) is 26.3 Å². The average Bonchev–Trinajstić information content (AvgIpc) is 2.33. The van der Waals surface area contributed by atoms with Gasteiger partial charge in [-0.1, -0.05) is 11.6 Å². The maximum Gasteiger partial charge on any atom is 0.418 e. The quantitative estimate of drug-likeness (QED) is 0.496. The van der Waals surface area contributed by atoms with Crippen LogP contribution in [0.25, 0.3) is 0 Å². The van der Waals surface area contributed by atoms with E-state index in [-0.39, 0.29) is 0 Å². The fraction of sp³-hybridized carbons (Fsp3) is 0.333. The first-order chi connectivity index (χ1) is 10.3. The second-order valence-electron chi connectivity index (χ2n) is 4.40. The first-order valence-electron chi connectivity index (χ1n) is 5.77. The zero-order chi connectivity index (χ0) is 18.0. The first kappa shape index (κ1) is 19.1. The smallest absolute Gasteiger partial charge is 0.418 e. The molecule has 0 atom stereocenters. The van der Waals surface area contributed by atoms with Gasteiger partial charge >= 0.3 is 18.3 Å².